The molecule has 0 atom stereocenters. The summed E-state index contributed by atoms with van der Waals surface area (Å²) in [6, 6.07) is 17.9. The minimum Gasteiger partial charge on any atom is -0.458 e. The van der Waals surface area contributed by atoms with Gasteiger partial charge in [0.05, 0.1) is 10.5 Å². The Morgan fingerprint density at radius 2 is 1.63 bits per heavy atom. The van der Waals surface area contributed by atoms with Crippen molar-refractivity contribution in [3.63, 3.8) is 0 Å². The number of aromatic nitrogens is 1. The van der Waals surface area contributed by atoms with E-state index in [1.807, 2.05) is 48.9 Å². The van der Waals surface area contributed by atoms with E-state index in [9.17, 15) is 22.8 Å². The zero-order chi connectivity index (χ0) is 27.5. The second-order valence-electron chi connectivity index (χ2n) is 8.58. The normalized spacial score (nSPS) is 11.1. The van der Waals surface area contributed by atoms with Crippen LogP contribution in [-0.4, -0.2) is 43.8 Å². The molecule has 9 nitrogen and oxygen atoms in total. The molecule has 0 radical (unpaired) electrons. The van der Waals surface area contributed by atoms with E-state index in [1.165, 1.54) is 36.4 Å². The maximum Gasteiger partial charge on any atom is 0.357 e. The largest absolute Gasteiger partial charge is 0.458 e. The van der Waals surface area contributed by atoms with Crippen LogP contribution in [0.1, 0.15) is 69.9 Å². The quantitative estimate of drug-likeness (QED) is 0.264. The van der Waals surface area contributed by atoms with Gasteiger partial charge in [-0.1, -0.05) is 50.2 Å². The maximum atomic E-state index is 12.8. The van der Waals surface area contributed by atoms with Crippen molar-refractivity contribution >= 4 is 27.8 Å². The number of benzene rings is 2. The molecule has 3 rings (SSSR count). The van der Waals surface area contributed by atoms with E-state index in [4.69, 9.17) is 4.74 Å². The molecule has 3 aromatic rings. The first-order valence-corrected chi connectivity index (χ1v) is 13.9. The monoisotopic (exact) mass is 537 g/mol. The Morgan fingerprint density at radius 3 is 2.29 bits per heavy atom. The van der Waals surface area contributed by atoms with Gasteiger partial charge in [-0.05, 0) is 61.6 Å². The summed E-state index contributed by atoms with van der Waals surface area (Å²) in [5.41, 5.74) is 1.28. The third-order valence-electron chi connectivity index (χ3n) is 5.82. The standard InChI is InChI=1S/C28H31N3O6S/c1-3-23(4-2)37-28(34)25-16-15-22(19-30-25)27(33)31-38(35,36)24-14-8-13-21(18-24)26(32)29-17-9-12-20-10-6-5-7-11-20/h5-8,10-11,13-16,18-19,23H,3-4,9,12,17H2,1-2H3,(H,29,32)(H,31,33). The van der Waals surface area contributed by atoms with Crippen LogP contribution in [0.4, 0.5) is 0 Å². The van der Waals surface area contributed by atoms with Gasteiger partial charge in [0.15, 0.2) is 0 Å². The molecule has 2 N–H and O–H groups in total. The van der Waals surface area contributed by atoms with Crippen LogP contribution in [0, 0.1) is 0 Å². The summed E-state index contributed by atoms with van der Waals surface area (Å²) in [6.45, 7) is 4.23. The smallest absolute Gasteiger partial charge is 0.357 e. The summed E-state index contributed by atoms with van der Waals surface area (Å²) in [6.07, 6.45) is 3.73. The molecular formula is C28H31N3O6S. The molecular weight excluding hydrogens is 506 g/mol. The average Bonchev–Trinajstić information content (AvgIpc) is 2.94. The van der Waals surface area contributed by atoms with Crippen LogP contribution < -0.4 is 10.0 Å². The molecule has 1 aromatic heterocycles. The summed E-state index contributed by atoms with van der Waals surface area (Å²) >= 11 is 0. The number of esters is 1. The van der Waals surface area contributed by atoms with E-state index in [0.29, 0.717) is 19.4 Å². The zero-order valence-corrected chi connectivity index (χ0v) is 22.2. The van der Waals surface area contributed by atoms with Gasteiger partial charge in [0.1, 0.15) is 11.8 Å². The first-order chi connectivity index (χ1) is 18.2. The number of sulfonamides is 1. The number of nitrogens with one attached hydrogen (secondary N) is 2. The van der Waals surface area contributed by atoms with Crippen molar-refractivity contribution in [1.82, 2.24) is 15.0 Å². The number of carbonyl (C=O) groups excluding carboxylic acids is 3. The molecule has 0 fully saturated rings. The van der Waals surface area contributed by atoms with Crippen molar-refractivity contribution in [2.75, 3.05) is 6.54 Å². The number of ether oxygens (including phenoxy) is 1. The predicted octanol–water partition coefficient (Wildman–Crippen LogP) is 3.91. The zero-order valence-electron chi connectivity index (χ0n) is 21.3. The fraction of sp³-hybridized carbons (Fsp3) is 0.286. The molecule has 0 spiro atoms. The van der Waals surface area contributed by atoms with Gasteiger partial charge in [-0.25, -0.2) is 22.9 Å². The highest BCUT2D eigenvalue weighted by molar-refractivity contribution is 7.90. The number of hydrogen-bond acceptors (Lipinski definition) is 7. The van der Waals surface area contributed by atoms with Crippen LogP contribution in [-0.2, 0) is 21.2 Å². The highest BCUT2D eigenvalue weighted by Crippen LogP contribution is 2.13. The van der Waals surface area contributed by atoms with E-state index >= 15 is 0 Å². The third kappa shape index (κ3) is 7.97. The van der Waals surface area contributed by atoms with E-state index in [2.05, 4.69) is 10.3 Å². The van der Waals surface area contributed by atoms with Crippen molar-refractivity contribution < 1.29 is 27.5 Å². The number of rotatable bonds is 12. The third-order valence-corrected chi connectivity index (χ3v) is 7.15. The van der Waals surface area contributed by atoms with Crippen LogP contribution in [0.5, 0.6) is 0 Å². The van der Waals surface area contributed by atoms with Crippen LogP contribution >= 0.6 is 0 Å². The van der Waals surface area contributed by atoms with Gasteiger partial charge in [0.2, 0.25) is 0 Å². The van der Waals surface area contributed by atoms with Gasteiger partial charge in [-0.2, -0.15) is 0 Å². The molecule has 0 aliphatic heterocycles. The molecule has 38 heavy (non-hydrogen) atoms. The average molecular weight is 538 g/mol. The van der Waals surface area contributed by atoms with E-state index in [-0.39, 0.29) is 27.8 Å². The topological polar surface area (TPSA) is 132 Å². The second kappa shape index (κ2) is 13.5. The molecule has 1 heterocycles. The van der Waals surface area contributed by atoms with Gasteiger partial charge >= 0.3 is 5.97 Å². The van der Waals surface area contributed by atoms with Gasteiger partial charge in [-0.3, -0.25) is 9.59 Å². The van der Waals surface area contributed by atoms with Crippen LogP contribution in [0.15, 0.2) is 77.8 Å². The molecule has 0 bridgehead atoms. The Kier molecular flexibility index (Phi) is 10.1. The van der Waals surface area contributed by atoms with E-state index < -0.39 is 27.8 Å². The summed E-state index contributed by atoms with van der Waals surface area (Å²) in [5, 5.41) is 2.78. The first kappa shape index (κ1) is 28.5. The molecule has 2 aromatic carbocycles. The van der Waals surface area contributed by atoms with E-state index in [0.717, 1.165) is 24.6 Å². The molecule has 200 valence electrons. The molecule has 0 unspecified atom stereocenters. The molecule has 0 saturated carbocycles. The molecule has 0 saturated heterocycles. The highest BCUT2D eigenvalue weighted by atomic mass is 32.2. The fourth-order valence-corrected chi connectivity index (χ4v) is 4.62. The van der Waals surface area contributed by atoms with Crippen molar-refractivity contribution in [1.29, 1.82) is 0 Å². The number of amides is 2. The van der Waals surface area contributed by atoms with Crippen molar-refractivity contribution in [2.45, 2.75) is 50.5 Å². The first-order valence-electron chi connectivity index (χ1n) is 12.4. The lowest BCUT2D eigenvalue weighted by atomic mass is 10.1. The van der Waals surface area contributed by atoms with Gasteiger partial charge < -0.3 is 10.1 Å². The SMILES string of the molecule is CCC(CC)OC(=O)c1ccc(C(=O)NS(=O)(=O)c2cccc(C(=O)NCCCc3ccccc3)c2)cn1. The summed E-state index contributed by atoms with van der Waals surface area (Å²) in [5.74, 6) is -1.96. The number of nitrogens with zero attached hydrogens (tertiary/aromatic N) is 1. The summed E-state index contributed by atoms with van der Waals surface area (Å²) < 4.78 is 32.9. The lowest BCUT2D eigenvalue weighted by Crippen LogP contribution is -2.31. The Hall–Kier alpha value is -4.05. The summed E-state index contributed by atoms with van der Waals surface area (Å²) in [4.78, 5) is 41.0. The van der Waals surface area contributed by atoms with Crippen LogP contribution in [0.3, 0.4) is 0 Å². The number of hydrogen-bond donors (Lipinski definition) is 2. The Bertz CT molecular complexity index is 1350. The summed E-state index contributed by atoms with van der Waals surface area (Å²) in [7, 11) is -4.27. The number of aryl methyl sites for hydroxylation is 1. The lowest BCUT2D eigenvalue weighted by Gasteiger charge is -2.13. The Balaban J connectivity index is 1.59. The fourth-order valence-electron chi connectivity index (χ4n) is 3.60. The van der Waals surface area contributed by atoms with Gasteiger partial charge in [-0.15, -0.1) is 0 Å². The molecule has 0 aliphatic carbocycles. The Labute approximate surface area is 222 Å². The maximum absolute atomic E-state index is 12.8. The lowest BCUT2D eigenvalue weighted by molar-refractivity contribution is 0.0277. The Morgan fingerprint density at radius 1 is 0.895 bits per heavy atom. The van der Waals surface area contributed by atoms with Crippen molar-refractivity contribution in [3.05, 3.63) is 95.3 Å². The van der Waals surface area contributed by atoms with Gasteiger partial charge in [0.25, 0.3) is 21.8 Å². The molecule has 10 heteroatoms. The van der Waals surface area contributed by atoms with Crippen molar-refractivity contribution in [2.24, 2.45) is 0 Å². The van der Waals surface area contributed by atoms with E-state index in [1.54, 1.807) is 0 Å². The molecule has 2 amide bonds. The number of carbonyl (C=O) groups is 3. The van der Waals surface area contributed by atoms with Gasteiger partial charge in [0, 0.05) is 18.3 Å². The van der Waals surface area contributed by atoms with Crippen molar-refractivity contribution in [3.8, 4) is 0 Å². The second-order valence-corrected chi connectivity index (χ2v) is 10.3. The highest BCUT2D eigenvalue weighted by Gasteiger charge is 2.21. The molecule has 0 aliphatic rings. The minimum atomic E-state index is -4.27. The number of pyridine rings is 1. The minimum absolute atomic E-state index is 0.0128. The van der Waals surface area contributed by atoms with Crippen LogP contribution in [0.25, 0.3) is 0 Å². The van der Waals surface area contributed by atoms with Crippen LogP contribution in [0.2, 0.25) is 0 Å². The predicted molar refractivity (Wildman–Crippen MR) is 142 cm³/mol.